The third-order valence-corrected chi connectivity index (χ3v) is 7.03. The molecule has 3 rings (SSSR count). The van der Waals surface area contributed by atoms with Gasteiger partial charge in [0.25, 0.3) is 0 Å². The van der Waals surface area contributed by atoms with Crippen LogP contribution in [0.15, 0.2) is 48.8 Å². The van der Waals surface area contributed by atoms with Crippen molar-refractivity contribution in [3.05, 3.63) is 59.9 Å². The van der Waals surface area contributed by atoms with Crippen LogP contribution in [0, 0.1) is 0 Å². The molecule has 170 valence electrons. The Balaban J connectivity index is 1.53. The second kappa shape index (κ2) is 10.1. The van der Waals surface area contributed by atoms with Crippen molar-refractivity contribution in [3.8, 4) is 0 Å². The third-order valence-electron chi connectivity index (χ3n) is 5.49. The zero-order valence-electron chi connectivity index (χ0n) is 18.5. The van der Waals surface area contributed by atoms with Crippen LogP contribution in [0.2, 0.25) is 0 Å². The SMILES string of the molecule is CN1CCN(S(=O)(=O)Nc2ccc(CC(C)(C)NC[C@H](O)c3cccnc3)cc2)CC1. The number of hydrogen-bond acceptors (Lipinski definition) is 6. The minimum absolute atomic E-state index is 0.246. The van der Waals surface area contributed by atoms with Crippen LogP contribution in [-0.2, 0) is 16.6 Å². The highest BCUT2D eigenvalue weighted by Gasteiger charge is 2.25. The van der Waals surface area contributed by atoms with E-state index in [9.17, 15) is 13.5 Å². The topological polar surface area (TPSA) is 97.8 Å². The number of pyridine rings is 1. The van der Waals surface area contributed by atoms with Crippen molar-refractivity contribution in [3.63, 3.8) is 0 Å². The number of hydrogen-bond donors (Lipinski definition) is 3. The summed E-state index contributed by atoms with van der Waals surface area (Å²) >= 11 is 0. The Morgan fingerprint density at radius 3 is 2.42 bits per heavy atom. The molecule has 9 heteroatoms. The van der Waals surface area contributed by atoms with Crippen LogP contribution in [0.1, 0.15) is 31.1 Å². The molecule has 2 heterocycles. The van der Waals surface area contributed by atoms with Crippen LogP contribution < -0.4 is 10.0 Å². The number of anilines is 1. The maximum atomic E-state index is 12.6. The maximum absolute atomic E-state index is 12.6. The third kappa shape index (κ3) is 6.98. The predicted octanol–water partition coefficient (Wildman–Crippen LogP) is 1.63. The highest BCUT2D eigenvalue weighted by atomic mass is 32.2. The van der Waals surface area contributed by atoms with Crippen molar-refractivity contribution in [2.75, 3.05) is 44.5 Å². The number of nitrogens with zero attached hydrogens (tertiary/aromatic N) is 3. The number of likely N-dealkylation sites (N-methyl/N-ethyl adjacent to an activating group) is 1. The fraction of sp³-hybridized carbons (Fsp3) is 0.500. The monoisotopic (exact) mass is 447 g/mol. The molecular weight excluding hydrogens is 414 g/mol. The van der Waals surface area contributed by atoms with Gasteiger partial charge in [0.05, 0.1) is 6.10 Å². The summed E-state index contributed by atoms with van der Waals surface area (Å²) in [7, 11) is -1.55. The van der Waals surface area contributed by atoms with Crippen LogP contribution in [0.4, 0.5) is 5.69 Å². The Labute approximate surface area is 185 Å². The highest BCUT2D eigenvalue weighted by Crippen LogP contribution is 2.19. The normalized spacial score (nSPS) is 17.4. The number of aliphatic hydroxyl groups excluding tert-OH is 1. The molecule has 3 N–H and O–H groups in total. The molecule has 1 aliphatic heterocycles. The van der Waals surface area contributed by atoms with Crippen LogP contribution >= 0.6 is 0 Å². The molecule has 0 spiro atoms. The average molecular weight is 448 g/mol. The summed E-state index contributed by atoms with van der Waals surface area (Å²) in [6, 6.07) is 11.1. The van der Waals surface area contributed by atoms with Crippen molar-refractivity contribution < 1.29 is 13.5 Å². The van der Waals surface area contributed by atoms with E-state index in [1.54, 1.807) is 24.5 Å². The summed E-state index contributed by atoms with van der Waals surface area (Å²) < 4.78 is 29.4. The maximum Gasteiger partial charge on any atom is 0.301 e. The summed E-state index contributed by atoms with van der Waals surface area (Å²) in [6.45, 7) is 7.03. The Kier molecular flexibility index (Phi) is 7.66. The van der Waals surface area contributed by atoms with Gasteiger partial charge in [0.15, 0.2) is 0 Å². The van der Waals surface area contributed by atoms with Gasteiger partial charge in [-0.05, 0) is 51.1 Å². The van der Waals surface area contributed by atoms with Crippen LogP contribution in [-0.4, -0.2) is 73.0 Å². The molecule has 0 bridgehead atoms. The van der Waals surface area contributed by atoms with E-state index >= 15 is 0 Å². The number of aromatic nitrogens is 1. The van der Waals surface area contributed by atoms with Crippen LogP contribution in [0.3, 0.4) is 0 Å². The quantitative estimate of drug-likeness (QED) is 0.541. The number of rotatable bonds is 9. The lowest BCUT2D eigenvalue weighted by molar-refractivity contribution is 0.160. The molecule has 0 unspecified atom stereocenters. The molecular formula is C22H33N5O3S. The summed E-state index contributed by atoms with van der Waals surface area (Å²) in [5.74, 6) is 0. The van der Waals surface area contributed by atoms with Crippen molar-refractivity contribution in [1.29, 1.82) is 0 Å². The number of aliphatic hydroxyl groups is 1. The fourth-order valence-corrected chi connectivity index (χ4v) is 4.78. The number of β-amino-alcohol motifs (C(OH)–C–C–N with tert-alkyl or cyclic N) is 1. The molecule has 31 heavy (non-hydrogen) atoms. The van der Waals surface area contributed by atoms with Gasteiger partial charge in [-0.3, -0.25) is 9.71 Å². The summed E-state index contributed by atoms with van der Waals surface area (Å²) in [4.78, 5) is 6.16. The van der Waals surface area contributed by atoms with Crippen LogP contribution in [0.25, 0.3) is 0 Å². The van der Waals surface area contributed by atoms with E-state index in [4.69, 9.17) is 0 Å². The predicted molar refractivity (Wildman–Crippen MR) is 123 cm³/mol. The highest BCUT2D eigenvalue weighted by molar-refractivity contribution is 7.90. The molecule has 1 atom stereocenters. The fourth-order valence-electron chi connectivity index (χ4n) is 3.57. The van der Waals surface area contributed by atoms with E-state index in [2.05, 4.69) is 33.8 Å². The lowest BCUT2D eigenvalue weighted by Crippen LogP contribution is -2.48. The van der Waals surface area contributed by atoms with E-state index in [1.807, 2.05) is 31.3 Å². The largest absolute Gasteiger partial charge is 0.387 e. The van der Waals surface area contributed by atoms with Crippen molar-refractivity contribution in [1.82, 2.24) is 19.5 Å². The van der Waals surface area contributed by atoms with Gasteiger partial charge < -0.3 is 15.3 Å². The molecule has 2 aromatic rings. The molecule has 1 saturated heterocycles. The zero-order chi connectivity index (χ0) is 22.5. The van der Waals surface area contributed by atoms with Gasteiger partial charge in [0, 0.05) is 61.9 Å². The first kappa shape index (κ1) is 23.6. The Bertz CT molecular complexity index is 927. The van der Waals surface area contributed by atoms with Gasteiger partial charge in [-0.25, -0.2) is 0 Å². The molecule has 0 saturated carbocycles. The molecule has 1 aromatic carbocycles. The molecule has 0 aliphatic carbocycles. The van der Waals surface area contributed by atoms with Gasteiger partial charge >= 0.3 is 10.2 Å². The first-order valence-corrected chi connectivity index (χ1v) is 12.0. The van der Waals surface area contributed by atoms with E-state index in [-0.39, 0.29) is 5.54 Å². The second-order valence-electron chi connectivity index (χ2n) is 8.75. The Morgan fingerprint density at radius 1 is 1.13 bits per heavy atom. The summed E-state index contributed by atoms with van der Waals surface area (Å²) in [6.07, 6.45) is 3.46. The van der Waals surface area contributed by atoms with Gasteiger partial charge in [-0.15, -0.1) is 0 Å². The lowest BCUT2D eigenvalue weighted by atomic mass is 9.94. The second-order valence-corrected chi connectivity index (χ2v) is 10.4. The standard InChI is InChI=1S/C22H33N5O3S/c1-22(2,24-17-21(28)19-5-4-10-23-16-19)15-18-6-8-20(9-7-18)25-31(29,30)27-13-11-26(3)12-14-27/h4-10,16,21,24-25,28H,11-15,17H2,1-3H3/t21-/m0/s1. The van der Waals surface area contributed by atoms with E-state index in [1.165, 1.54) is 4.31 Å². The first-order valence-electron chi connectivity index (χ1n) is 10.5. The Hall–Kier alpha value is -2.04. The lowest BCUT2D eigenvalue weighted by Gasteiger charge is -2.31. The molecule has 1 fully saturated rings. The number of benzene rings is 1. The number of nitrogens with one attached hydrogen (secondary N) is 2. The van der Waals surface area contributed by atoms with E-state index < -0.39 is 16.3 Å². The van der Waals surface area contributed by atoms with Gasteiger partial charge in [-0.1, -0.05) is 18.2 Å². The molecule has 1 aliphatic rings. The van der Waals surface area contributed by atoms with Gasteiger partial charge in [0.1, 0.15) is 0 Å². The Morgan fingerprint density at radius 2 is 1.81 bits per heavy atom. The van der Waals surface area contributed by atoms with Crippen LogP contribution in [0.5, 0.6) is 0 Å². The zero-order valence-corrected chi connectivity index (χ0v) is 19.3. The summed E-state index contributed by atoms with van der Waals surface area (Å²) in [5, 5.41) is 13.7. The average Bonchev–Trinajstić information content (AvgIpc) is 2.74. The number of piperazine rings is 1. The minimum Gasteiger partial charge on any atom is -0.387 e. The first-order chi connectivity index (χ1) is 14.6. The van der Waals surface area contributed by atoms with Gasteiger partial charge in [0.2, 0.25) is 0 Å². The van der Waals surface area contributed by atoms with Crippen molar-refractivity contribution >= 4 is 15.9 Å². The van der Waals surface area contributed by atoms with E-state index in [0.717, 1.165) is 30.6 Å². The van der Waals surface area contributed by atoms with Crippen molar-refractivity contribution in [2.24, 2.45) is 0 Å². The molecule has 1 aromatic heterocycles. The molecule has 8 nitrogen and oxygen atoms in total. The minimum atomic E-state index is -3.54. The van der Waals surface area contributed by atoms with Crippen molar-refractivity contribution in [2.45, 2.75) is 31.9 Å². The smallest absolute Gasteiger partial charge is 0.301 e. The molecule has 0 radical (unpaired) electrons. The molecule has 0 amide bonds. The van der Waals surface area contributed by atoms with Gasteiger partial charge in [-0.2, -0.15) is 12.7 Å². The van der Waals surface area contributed by atoms with E-state index in [0.29, 0.717) is 25.3 Å². The summed E-state index contributed by atoms with van der Waals surface area (Å²) in [5.41, 5.74) is 2.17.